The van der Waals surface area contributed by atoms with Gasteiger partial charge in [0.05, 0.1) is 5.41 Å². The lowest BCUT2D eigenvalue weighted by Gasteiger charge is -2.45. The lowest BCUT2D eigenvalue weighted by atomic mass is 9.97. The largest absolute Gasteiger partial charge is 0.546 e. The Morgan fingerprint density at radius 2 is 1.33 bits per heavy atom. The molecule has 0 spiro atoms. The number of ether oxygens (including phenoxy) is 1. The lowest BCUT2D eigenvalue weighted by molar-refractivity contribution is -0.155. The van der Waals surface area contributed by atoms with Crippen LogP contribution in [0.3, 0.4) is 0 Å². The van der Waals surface area contributed by atoms with Gasteiger partial charge in [-0.1, -0.05) is 48.1 Å². The molecule has 6 heteroatoms. The molecular formula is C21H44O4Si2. The summed E-state index contributed by atoms with van der Waals surface area (Å²) in [6.07, 6.45) is -0.429. The number of hydrogen-bond acceptors (Lipinski definition) is 4. The number of rotatable bonds is 10. The summed E-state index contributed by atoms with van der Waals surface area (Å²) in [5.41, 5.74) is 0.739. The van der Waals surface area contributed by atoms with Crippen molar-refractivity contribution in [2.75, 3.05) is 6.61 Å². The van der Waals surface area contributed by atoms with E-state index in [1.54, 1.807) is 0 Å². The van der Waals surface area contributed by atoms with E-state index in [2.05, 4.69) is 67.8 Å². The molecular weight excluding hydrogens is 372 g/mol. The molecule has 160 valence electrons. The van der Waals surface area contributed by atoms with E-state index >= 15 is 0 Å². The Balaban J connectivity index is 5.74. The molecule has 0 fully saturated rings. The van der Waals surface area contributed by atoms with Gasteiger partial charge in [-0.05, 0) is 57.0 Å². The molecule has 0 heterocycles. The van der Waals surface area contributed by atoms with Crippen LogP contribution in [0.25, 0.3) is 0 Å². The first-order valence-corrected chi connectivity index (χ1v) is 15.7. The van der Waals surface area contributed by atoms with Gasteiger partial charge in [0, 0.05) is 0 Å². The zero-order valence-corrected chi connectivity index (χ0v) is 21.9. The minimum absolute atomic E-state index is 0.153. The monoisotopic (exact) mass is 416 g/mol. The first kappa shape index (κ1) is 26.4. The van der Waals surface area contributed by atoms with Gasteiger partial charge >= 0.3 is 5.97 Å². The Morgan fingerprint density at radius 1 is 0.926 bits per heavy atom. The molecule has 4 nitrogen and oxygen atoms in total. The number of carbonyl (C=O) groups excluding carboxylic acids is 1. The molecule has 1 atom stereocenters. The van der Waals surface area contributed by atoms with E-state index in [1.165, 1.54) is 0 Å². The van der Waals surface area contributed by atoms with Crippen molar-refractivity contribution in [1.82, 2.24) is 0 Å². The highest BCUT2D eigenvalue weighted by Gasteiger charge is 2.47. The topological polar surface area (TPSA) is 44.8 Å². The third-order valence-corrected chi connectivity index (χ3v) is 11.8. The van der Waals surface area contributed by atoms with Gasteiger partial charge < -0.3 is 13.6 Å². The van der Waals surface area contributed by atoms with E-state index in [0.717, 1.165) is 0 Å². The molecule has 0 rings (SSSR count). The Labute approximate surface area is 170 Å². The summed E-state index contributed by atoms with van der Waals surface area (Å²) in [5.74, 6) is 0.359. The van der Waals surface area contributed by atoms with Crippen LogP contribution >= 0.6 is 0 Å². The maximum absolute atomic E-state index is 12.3. The van der Waals surface area contributed by atoms with Crippen molar-refractivity contribution in [2.24, 2.45) is 5.41 Å². The van der Waals surface area contributed by atoms with E-state index in [4.69, 9.17) is 13.6 Å². The molecule has 0 unspecified atom stereocenters. The quantitative estimate of drug-likeness (QED) is 0.231. The van der Waals surface area contributed by atoms with Gasteiger partial charge in [-0.2, -0.15) is 0 Å². The smallest absolute Gasteiger partial charge is 0.311 e. The van der Waals surface area contributed by atoms with E-state index < -0.39 is 28.2 Å². The van der Waals surface area contributed by atoms with Crippen molar-refractivity contribution >= 4 is 22.6 Å². The van der Waals surface area contributed by atoms with Crippen LogP contribution in [0.4, 0.5) is 0 Å². The second kappa shape index (κ2) is 9.74. The number of hydrogen-bond donors (Lipinski definition) is 0. The SMILES string of the molecule is C=C(O[Si](C)(C)C)[C@H](COC(=O)C(C)(C)C)O[Si](C(C)C)(C(C)C)C(C)C. The van der Waals surface area contributed by atoms with Crippen molar-refractivity contribution < 1.29 is 18.4 Å². The second-order valence-corrected chi connectivity index (χ2v) is 20.3. The average Bonchev–Trinajstić information content (AvgIpc) is 2.42. The number of esters is 1. The Bertz CT molecular complexity index is 478. The van der Waals surface area contributed by atoms with Gasteiger partial charge in [-0.25, -0.2) is 0 Å². The Kier molecular flexibility index (Phi) is 9.53. The molecule has 0 aliphatic carbocycles. The first-order chi connectivity index (χ1) is 11.9. The molecule has 0 saturated carbocycles. The summed E-state index contributed by atoms with van der Waals surface area (Å²) >= 11 is 0. The molecule has 0 aliphatic rings. The maximum atomic E-state index is 12.3. The van der Waals surface area contributed by atoms with Crippen LogP contribution < -0.4 is 0 Å². The Morgan fingerprint density at radius 3 is 1.63 bits per heavy atom. The van der Waals surface area contributed by atoms with Crippen LogP contribution in [0.15, 0.2) is 12.3 Å². The number of carbonyl (C=O) groups is 1. The van der Waals surface area contributed by atoms with E-state index in [0.29, 0.717) is 22.4 Å². The minimum Gasteiger partial charge on any atom is -0.546 e. The zero-order chi connectivity index (χ0) is 21.8. The van der Waals surface area contributed by atoms with Gasteiger partial charge in [0.25, 0.3) is 0 Å². The van der Waals surface area contributed by atoms with Gasteiger partial charge in [0.1, 0.15) is 18.5 Å². The van der Waals surface area contributed by atoms with Crippen molar-refractivity contribution in [2.45, 2.75) is 105 Å². The summed E-state index contributed by atoms with van der Waals surface area (Å²) in [4.78, 5) is 12.3. The van der Waals surface area contributed by atoms with Gasteiger partial charge in [0.15, 0.2) is 0 Å². The summed E-state index contributed by atoms with van der Waals surface area (Å²) < 4.78 is 18.6. The predicted molar refractivity (Wildman–Crippen MR) is 120 cm³/mol. The van der Waals surface area contributed by atoms with E-state index in [9.17, 15) is 4.79 Å². The molecule has 0 bridgehead atoms. The fraction of sp³-hybridized carbons (Fsp3) is 0.857. The lowest BCUT2D eigenvalue weighted by Crippen LogP contribution is -2.52. The van der Waals surface area contributed by atoms with Crippen LogP contribution in [0.5, 0.6) is 0 Å². The standard InChI is InChI=1S/C21H44O4Si2/c1-15(2)27(16(3)4,17(5)6)25-19(18(7)24-26(11,12)13)14-23-20(22)21(8,9)10/h15-17,19H,7,14H2,1-6,8-13H3/t19-/m0/s1. The highest BCUT2D eigenvalue weighted by atomic mass is 28.4. The zero-order valence-electron chi connectivity index (χ0n) is 19.9. The van der Waals surface area contributed by atoms with Crippen LogP contribution in [-0.2, 0) is 18.4 Å². The summed E-state index contributed by atoms with van der Waals surface area (Å²) in [5, 5.41) is 0. The van der Waals surface area contributed by atoms with Crippen molar-refractivity contribution in [3.05, 3.63) is 12.3 Å². The predicted octanol–water partition coefficient (Wildman–Crippen LogP) is 6.50. The van der Waals surface area contributed by atoms with Crippen LogP contribution in [0, 0.1) is 5.41 Å². The van der Waals surface area contributed by atoms with Crippen LogP contribution in [0.1, 0.15) is 62.3 Å². The van der Waals surface area contributed by atoms with Gasteiger partial charge in [0.2, 0.25) is 16.6 Å². The summed E-state index contributed by atoms with van der Waals surface area (Å²) in [6.45, 7) is 29.7. The first-order valence-electron chi connectivity index (χ1n) is 10.2. The van der Waals surface area contributed by atoms with Crippen molar-refractivity contribution in [1.29, 1.82) is 0 Å². The summed E-state index contributed by atoms with van der Waals surface area (Å²) in [6, 6.07) is 0. The second-order valence-electron chi connectivity index (χ2n) is 10.5. The molecule has 0 aliphatic heterocycles. The van der Waals surface area contributed by atoms with Crippen LogP contribution in [-0.4, -0.2) is 35.3 Å². The normalized spacial score (nSPS) is 14.6. The third-order valence-electron chi connectivity index (χ3n) is 4.83. The fourth-order valence-electron chi connectivity index (χ4n) is 3.67. The molecule has 27 heavy (non-hydrogen) atoms. The van der Waals surface area contributed by atoms with E-state index in [1.807, 2.05) is 20.8 Å². The molecule has 0 aromatic heterocycles. The molecule has 0 amide bonds. The Hall–Kier alpha value is -0.596. The average molecular weight is 417 g/mol. The summed E-state index contributed by atoms with van der Waals surface area (Å²) in [7, 11) is -4.00. The molecule has 0 aromatic rings. The van der Waals surface area contributed by atoms with Crippen molar-refractivity contribution in [3.63, 3.8) is 0 Å². The van der Waals surface area contributed by atoms with Crippen LogP contribution in [0.2, 0.25) is 36.3 Å². The maximum Gasteiger partial charge on any atom is 0.311 e. The molecule has 0 saturated heterocycles. The molecule has 0 aromatic carbocycles. The van der Waals surface area contributed by atoms with Gasteiger partial charge in [-0.3, -0.25) is 4.79 Å². The minimum atomic E-state index is -2.16. The van der Waals surface area contributed by atoms with Gasteiger partial charge in [-0.15, -0.1) is 0 Å². The van der Waals surface area contributed by atoms with E-state index in [-0.39, 0.29) is 12.6 Å². The highest BCUT2D eigenvalue weighted by molar-refractivity contribution is 6.77. The molecule has 0 radical (unpaired) electrons. The van der Waals surface area contributed by atoms with Crippen molar-refractivity contribution in [3.8, 4) is 0 Å². The third kappa shape index (κ3) is 7.74. The fourth-order valence-corrected chi connectivity index (χ4v) is 10.1. The highest BCUT2D eigenvalue weighted by Crippen LogP contribution is 2.43. The molecule has 0 N–H and O–H groups in total.